The number of rotatable bonds is 7. The van der Waals surface area contributed by atoms with Crippen molar-refractivity contribution >= 4 is 0 Å². The Bertz CT molecular complexity index is 513. The average molecular weight is 270 g/mol. The van der Waals surface area contributed by atoms with E-state index in [0.29, 0.717) is 5.88 Å². The van der Waals surface area contributed by atoms with Crippen molar-refractivity contribution in [3.05, 3.63) is 59.8 Å². The van der Waals surface area contributed by atoms with Crippen molar-refractivity contribution in [3.63, 3.8) is 0 Å². The van der Waals surface area contributed by atoms with Gasteiger partial charge in [0.2, 0.25) is 5.88 Å². The molecule has 106 valence electrons. The molecule has 0 fully saturated rings. The maximum atomic E-state index is 5.91. The Morgan fingerprint density at radius 1 is 1.10 bits per heavy atom. The van der Waals surface area contributed by atoms with Crippen LogP contribution in [0.4, 0.5) is 0 Å². The van der Waals surface area contributed by atoms with Crippen LogP contribution in [0.25, 0.3) is 0 Å². The number of pyridine rings is 1. The van der Waals surface area contributed by atoms with Gasteiger partial charge in [-0.3, -0.25) is 0 Å². The molecule has 0 bridgehead atoms. The minimum atomic E-state index is 0.00236. The van der Waals surface area contributed by atoms with Gasteiger partial charge in [0.1, 0.15) is 6.10 Å². The molecular weight excluding hydrogens is 248 g/mol. The molecule has 2 aromatic rings. The highest BCUT2D eigenvalue weighted by molar-refractivity contribution is 5.20. The van der Waals surface area contributed by atoms with Gasteiger partial charge in [0, 0.05) is 12.6 Å². The Morgan fingerprint density at radius 3 is 2.65 bits per heavy atom. The molecule has 0 aliphatic carbocycles. The van der Waals surface area contributed by atoms with Crippen LogP contribution < -0.4 is 10.1 Å². The van der Waals surface area contributed by atoms with Gasteiger partial charge >= 0.3 is 0 Å². The monoisotopic (exact) mass is 270 g/mol. The molecule has 0 spiro atoms. The largest absolute Gasteiger partial charge is 0.470 e. The van der Waals surface area contributed by atoms with Crippen molar-refractivity contribution in [2.75, 3.05) is 6.54 Å². The van der Waals surface area contributed by atoms with Crippen molar-refractivity contribution in [1.29, 1.82) is 0 Å². The highest BCUT2D eigenvalue weighted by Gasteiger charge is 2.07. The molecule has 0 radical (unpaired) electrons. The third-order valence-corrected chi connectivity index (χ3v) is 3.08. The number of benzene rings is 1. The van der Waals surface area contributed by atoms with E-state index in [9.17, 15) is 0 Å². The van der Waals surface area contributed by atoms with E-state index in [1.54, 1.807) is 0 Å². The minimum absolute atomic E-state index is 0.00236. The van der Waals surface area contributed by atoms with Gasteiger partial charge in [0.15, 0.2) is 0 Å². The van der Waals surface area contributed by atoms with Crippen LogP contribution in [0.2, 0.25) is 0 Å². The molecule has 1 unspecified atom stereocenters. The van der Waals surface area contributed by atoms with Gasteiger partial charge in [-0.1, -0.05) is 43.3 Å². The number of hydrogen-bond acceptors (Lipinski definition) is 3. The van der Waals surface area contributed by atoms with Gasteiger partial charge in [-0.2, -0.15) is 0 Å². The highest BCUT2D eigenvalue weighted by atomic mass is 16.5. The fourth-order valence-corrected chi connectivity index (χ4v) is 1.99. The lowest BCUT2D eigenvalue weighted by atomic mass is 10.1. The molecule has 0 saturated carbocycles. The second-order valence-electron chi connectivity index (χ2n) is 4.81. The summed E-state index contributed by atoms with van der Waals surface area (Å²) in [6.45, 7) is 5.98. The van der Waals surface area contributed by atoms with Gasteiger partial charge in [-0.15, -0.1) is 0 Å². The SMILES string of the molecule is CCCNCc1cccc(OC(C)c2ccccc2)n1. The van der Waals surface area contributed by atoms with E-state index in [4.69, 9.17) is 4.74 Å². The molecule has 1 atom stereocenters. The number of hydrogen-bond donors (Lipinski definition) is 1. The van der Waals surface area contributed by atoms with Gasteiger partial charge < -0.3 is 10.1 Å². The van der Waals surface area contributed by atoms with Crippen LogP contribution in [-0.2, 0) is 6.54 Å². The van der Waals surface area contributed by atoms with Crippen molar-refractivity contribution in [2.24, 2.45) is 0 Å². The Kier molecular flexibility index (Phi) is 5.56. The summed E-state index contributed by atoms with van der Waals surface area (Å²) in [5.41, 5.74) is 2.17. The smallest absolute Gasteiger partial charge is 0.214 e. The molecular formula is C17H22N2O. The molecule has 3 heteroatoms. The summed E-state index contributed by atoms with van der Waals surface area (Å²) in [4.78, 5) is 4.53. The summed E-state index contributed by atoms with van der Waals surface area (Å²) < 4.78 is 5.91. The molecule has 0 saturated heterocycles. The molecule has 0 aliphatic rings. The Balaban J connectivity index is 1.97. The van der Waals surface area contributed by atoms with Gasteiger partial charge in [0.05, 0.1) is 5.69 Å². The van der Waals surface area contributed by atoms with E-state index < -0.39 is 0 Å². The topological polar surface area (TPSA) is 34.1 Å². The first kappa shape index (κ1) is 14.5. The fraction of sp³-hybridized carbons (Fsp3) is 0.353. The lowest BCUT2D eigenvalue weighted by molar-refractivity contribution is 0.217. The van der Waals surface area contributed by atoms with Crippen LogP contribution in [0.3, 0.4) is 0 Å². The quantitative estimate of drug-likeness (QED) is 0.779. The van der Waals surface area contributed by atoms with E-state index >= 15 is 0 Å². The third-order valence-electron chi connectivity index (χ3n) is 3.08. The molecule has 1 N–H and O–H groups in total. The van der Waals surface area contributed by atoms with Gasteiger partial charge in [0.25, 0.3) is 0 Å². The Labute approximate surface area is 121 Å². The Hall–Kier alpha value is -1.87. The van der Waals surface area contributed by atoms with Crippen molar-refractivity contribution < 1.29 is 4.74 Å². The second kappa shape index (κ2) is 7.65. The van der Waals surface area contributed by atoms with Crippen LogP contribution in [0, 0.1) is 0 Å². The van der Waals surface area contributed by atoms with Gasteiger partial charge in [-0.25, -0.2) is 4.98 Å². The molecule has 1 heterocycles. The fourth-order valence-electron chi connectivity index (χ4n) is 1.99. The second-order valence-corrected chi connectivity index (χ2v) is 4.81. The van der Waals surface area contributed by atoms with Crippen molar-refractivity contribution in [3.8, 4) is 5.88 Å². The zero-order valence-electron chi connectivity index (χ0n) is 12.2. The first-order chi connectivity index (χ1) is 9.79. The number of nitrogens with zero attached hydrogens (tertiary/aromatic N) is 1. The minimum Gasteiger partial charge on any atom is -0.470 e. The molecule has 1 aromatic carbocycles. The predicted octanol–water partition coefficient (Wildman–Crippen LogP) is 3.72. The maximum absolute atomic E-state index is 5.91. The lowest BCUT2D eigenvalue weighted by Crippen LogP contribution is -2.15. The standard InChI is InChI=1S/C17H22N2O/c1-3-12-18-13-16-10-7-11-17(19-16)20-14(2)15-8-5-4-6-9-15/h4-11,14,18H,3,12-13H2,1-2H3. The van der Waals surface area contributed by atoms with Crippen LogP contribution in [0.1, 0.15) is 37.6 Å². The molecule has 0 aliphatic heterocycles. The zero-order valence-corrected chi connectivity index (χ0v) is 12.2. The maximum Gasteiger partial charge on any atom is 0.214 e. The Morgan fingerprint density at radius 2 is 1.90 bits per heavy atom. The molecule has 3 nitrogen and oxygen atoms in total. The van der Waals surface area contributed by atoms with Crippen molar-refractivity contribution in [1.82, 2.24) is 10.3 Å². The lowest BCUT2D eigenvalue weighted by Gasteiger charge is -2.14. The molecule has 20 heavy (non-hydrogen) atoms. The molecule has 2 rings (SSSR count). The van der Waals surface area contributed by atoms with Crippen LogP contribution >= 0.6 is 0 Å². The first-order valence-corrected chi connectivity index (χ1v) is 7.18. The first-order valence-electron chi connectivity index (χ1n) is 7.18. The molecule has 0 amide bonds. The van der Waals surface area contributed by atoms with E-state index in [-0.39, 0.29) is 6.10 Å². The van der Waals surface area contributed by atoms with Crippen LogP contribution in [0.15, 0.2) is 48.5 Å². The summed E-state index contributed by atoms with van der Waals surface area (Å²) in [6, 6.07) is 16.1. The van der Waals surface area contributed by atoms with E-state index in [0.717, 1.165) is 30.8 Å². The highest BCUT2D eigenvalue weighted by Crippen LogP contribution is 2.19. The summed E-state index contributed by atoms with van der Waals surface area (Å²) in [6.07, 6.45) is 1.13. The van der Waals surface area contributed by atoms with Crippen molar-refractivity contribution in [2.45, 2.75) is 32.9 Å². The number of aromatic nitrogens is 1. The van der Waals surface area contributed by atoms with Gasteiger partial charge in [-0.05, 0) is 31.5 Å². The number of ether oxygens (including phenoxy) is 1. The van der Waals surface area contributed by atoms with E-state index in [2.05, 4.69) is 29.4 Å². The van der Waals surface area contributed by atoms with Crippen LogP contribution in [0.5, 0.6) is 5.88 Å². The van der Waals surface area contributed by atoms with E-state index in [1.807, 2.05) is 43.3 Å². The summed E-state index contributed by atoms with van der Waals surface area (Å²) in [5.74, 6) is 0.678. The normalized spacial score (nSPS) is 12.1. The van der Waals surface area contributed by atoms with Crippen LogP contribution in [-0.4, -0.2) is 11.5 Å². The predicted molar refractivity (Wildman–Crippen MR) is 81.7 cm³/mol. The summed E-state index contributed by atoms with van der Waals surface area (Å²) >= 11 is 0. The molecule has 1 aromatic heterocycles. The number of nitrogens with one attached hydrogen (secondary N) is 1. The summed E-state index contributed by atoms with van der Waals surface area (Å²) in [5, 5.41) is 3.35. The summed E-state index contributed by atoms with van der Waals surface area (Å²) in [7, 11) is 0. The third kappa shape index (κ3) is 4.35. The zero-order chi connectivity index (χ0) is 14.2. The average Bonchev–Trinajstić information content (AvgIpc) is 2.49. The van der Waals surface area contributed by atoms with E-state index in [1.165, 1.54) is 0 Å².